The van der Waals surface area contributed by atoms with E-state index in [4.69, 9.17) is 32.5 Å². The van der Waals surface area contributed by atoms with Gasteiger partial charge in [-0.3, -0.25) is 9.59 Å². The van der Waals surface area contributed by atoms with E-state index in [0.717, 1.165) is 66.7 Å². The SMILES string of the molecule is C=C1CCC[C@@H]1[C@]1(C)C(=O)[C@@H]2OC[C@]3(C(=O)OC)[C@H](O[Si](CC)(CC)CC)C[C@H](O[Si](CC)(CC)CC)[C@@]4(CO[C@](OCc5ccccc5)(C(=O)OC)[C@@H]14)[C@@H]23. The fourth-order valence-electron chi connectivity index (χ4n) is 12.2. The minimum Gasteiger partial charge on any atom is -0.468 e. The van der Waals surface area contributed by atoms with Gasteiger partial charge in [0.2, 0.25) is 0 Å². The van der Waals surface area contributed by atoms with Gasteiger partial charge in [0.05, 0.1) is 46.2 Å². The van der Waals surface area contributed by atoms with Crippen LogP contribution in [-0.2, 0) is 53.5 Å². The summed E-state index contributed by atoms with van der Waals surface area (Å²) in [5.41, 5.74) is -1.91. The minimum atomic E-state index is -2.42. The molecule has 306 valence electrons. The number of hydrogen-bond donors (Lipinski definition) is 0. The normalized spacial score (nSPS) is 37.1. The summed E-state index contributed by atoms with van der Waals surface area (Å²) < 4.78 is 47.4. The first-order chi connectivity index (χ1) is 26.3. The Balaban J connectivity index is 1.68. The Morgan fingerprint density at radius 3 is 1.96 bits per heavy atom. The van der Waals surface area contributed by atoms with Crippen LogP contribution in [0.5, 0.6) is 0 Å². The monoisotopic (exact) mass is 798 g/mol. The van der Waals surface area contributed by atoms with Gasteiger partial charge in [-0.25, -0.2) is 4.79 Å². The van der Waals surface area contributed by atoms with Gasteiger partial charge < -0.3 is 32.5 Å². The third-order valence-corrected chi connectivity index (χ3v) is 24.9. The highest BCUT2D eigenvalue weighted by Gasteiger charge is 2.87. The molecule has 1 spiro atoms. The molecule has 0 aromatic heterocycles. The van der Waals surface area contributed by atoms with E-state index in [1.165, 1.54) is 14.2 Å². The number of carbonyl (C=O) groups is 3. The molecule has 55 heavy (non-hydrogen) atoms. The van der Waals surface area contributed by atoms with E-state index in [2.05, 4.69) is 48.1 Å². The largest absolute Gasteiger partial charge is 0.468 e. The molecular formula is C43H66O10Si2. The van der Waals surface area contributed by atoms with Crippen LogP contribution in [0.1, 0.15) is 79.7 Å². The van der Waals surface area contributed by atoms with Crippen molar-refractivity contribution in [2.24, 2.45) is 34.0 Å². The molecule has 0 amide bonds. The highest BCUT2D eigenvalue weighted by Crippen LogP contribution is 2.75. The Morgan fingerprint density at radius 2 is 1.44 bits per heavy atom. The van der Waals surface area contributed by atoms with E-state index in [0.29, 0.717) is 6.42 Å². The molecule has 2 aliphatic heterocycles. The number of ketones is 1. The summed E-state index contributed by atoms with van der Waals surface area (Å²) in [6, 6.07) is 14.9. The Morgan fingerprint density at radius 1 is 0.855 bits per heavy atom. The van der Waals surface area contributed by atoms with Crippen LogP contribution in [0.2, 0.25) is 36.3 Å². The second-order valence-corrected chi connectivity index (χ2v) is 26.6. The second kappa shape index (κ2) is 15.9. The summed E-state index contributed by atoms with van der Waals surface area (Å²) in [6.07, 6.45) is 0.566. The van der Waals surface area contributed by atoms with E-state index in [1.54, 1.807) is 0 Å². The molecule has 0 bridgehead atoms. The number of methoxy groups -OCH3 is 2. The van der Waals surface area contributed by atoms with Crippen LogP contribution in [0, 0.1) is 34.0 Å². The molecule has 1 aromatic carbocycles. The molecule has 3 aliphatic carbocycles. The maximum absolute atomic E-state index is 15.8. The van der Waals surface area contributed by atoms with Crippen LogP contribution in [0.3, 0.4) is 0 Å². The van der Waals surface area contributed by atoms with Crippen molar-refractivity contribution >= 4 is 34.4 Å². The Kier molecular flexibility index (Phi) is 12.2. The van der Waals surface area contributed by atoms with E-state index in [-0.39, 0.29) is 31.5 Å². The molecule has 3 saturated carbocycles. The molecule has 5 fully saturated rings. The van der Waals surface area contributed by atoms with Gasteiger partial charge >= 0.3 is 11.9 Å². The number of ether oxygens (including phenoxy) is 5. The van der Waals surface area contributed by atoms with Gasteiger partial charge in [0, 0.05) is 22.7 Å². The van der Waals surface area contributed by atoms with Crippen LogP contribution in [0.15, 0.2) is 42.5 Å². The Labute approximate surface area is 331 Å². The third-order valence-electron chi connectivity index (χ3n) is 15.6. The highest BCUT2D eigenvalue weighted by molar-refractivity contribution is 6.74. The fraction of sp³-hybridized carbons (Fsp3) is 0.744. The van der Waals surface area contributed by atoms with Crippen molar-refractivity contribution in [3.05, 3.63) is 48.0 Å². The number of rotatable bonds is 16. The average molecular weight is 799 g/mol. The number of allylic oxidation sites excluding steroid dienone is 1. The van der Waals surface area contributed by atoms with E-state index >= 15 is 4.79 Å². The molecule has 0 unspecified atom stereocenters. The predicted molar refractivity (Wildman–Crippen MR) is 214 cm³/mol. The lowest BCUT2D eigenvalue weighted by atomic mass is 9.38. The molecule has 2 heterocycles. The van der Waals surface area contributed by atoms with Crippen LogP contribution < -0.4 is 0 Å². The summed E-state index contributed by atoms with van der Waals surface area (Å²) >= 11 is 0. The molecule has 0 radical (unpaired) electrons. The zero-order chi connectivity index (χ0) is 40.0. The smallest absolute Gasteiger partial charge is 0.366 e. The van der Waals surface area contributed by atoms with E-state index in [9.17, 15) is 9.59 Å². The maximum atomic E-state index is 15.8. The van der Waals surface area contributed by atoms with Gasteiger partial charge in [0.1, 0.15) is 11.5 Å². The van der Waals surface area contributed by atoms with Gasteiger partial charge in [0.25, 0.3) is 5.79 Å². The quantitative estimate of drug-likeness (QED) is 0.0926. The van der Waals surface area contributed by atoms with Gasteiger partial charge in [-0.1, -0.05) is 91.0 Å². The maximum Gasteiger partial charge on any atom is 0.366 e. The highest BCUT2D eigenvalue weighted by atomic mass is 28.4. The van der Waals surface area contributed by atoms with Crippen LogP contribution in [0.4, 0.5) is 0 Å². The first-order valence-corrected chi connectivity index (χ1v) is 26.0. The van der Waals surface area contributed by atoms with Crippen LogP contribution >= 0.6 is 0 Å². The number of benzene rings is 1. The van der Waals surface area contributed by atoms with E-state index < -0.39 is 80.8 Å². The first kappa shape index (κ1) is 42.4. The average Bonchev–Trinajstić information content (AvgIpc) is 3.95. The summed E-state index contributed by atoms with van der Waals surface area (Å²) in [7, 11) is -2.04. The molecule has 12 heteroatoms. The van der Waals surface area contributed by atoms with Crippen molar-refractivity contribution in [2.75, 3.05) is 27.4 Å². The lowest BCUT2D eigenvalue weighted by Crippen LogP contribution is -2.77. The van der Waals surface area contributed by atoms with Crippen molar-refractivity contribution in [1.29, 1.82) is 0 Å². The molecule has 1 aromatic rings. The molecule has 6 rings (SSSR count). The number of hydrogen-bond acceptors (Lipinski definition) is 10. The predicted octanol–water partition coefficient (Wildman–Crippen LogP) is 8.01. The summed E-state index contributed by atoms with van der Waals surface area (Å²) in [5.74, 6) is -5.31. The van der Waals surface area contributed by atoms with Crippen molar-refractivity contribution in [1.82, 2.24) is 0 Å². The number of Topliss-reactive ketones (excluding diaryl/α,β-unsaturated/α-hetero) is 1. The zero-order valence-corrected chi connectivity index (χ0v) is 36.8. The lowest BCUT2D eigenvalue weighted by Gasteiger charge is -2.65. The molecule has 5 aliphatic rings. The van der Waals surface area contributed by atoms with Crippen molar-refractivity contribution in [3.63, 3.8) is 0 Å². The Bertz CT molecular complexity index is 1580. The van der Waals surface area contributed by atoms with Gasteiger partial charge in [-0.15, -0.1) is 0 Å². The second-order valence-electron chi connectivity index (χ2n) is 17.2. The summed E-state index contributed by atoms with van der Waals surface area (Å²) in [6.45, 7) is 19.7. The summed E-state index contributed by atoms with van der Waals surface area (Å²) in [5, 5.41) is 0. The van der Waals surface area contributed by atoms with Crippen molar-refractivity contribution in [3.8, 4) is 0 Å². The molecule has 0 N–H and O–H groups in total. The Hall–Kier alpha value is -2.20. The van der Waals surface area contributed by atoms with Crippen LogP contribution in [0.25, 0.3) is 0 Å². The molecule has 10 nitrogen and oxygen atoms in total. The fourth-order valence-corrected chi connectivity index (χ4v) is 18.0. The molecular weight excluding hydrogens is 733 g/mol. The zero-order valence-electron chi connectivity index (χ0n) is 34.8. The van der Waals surface area contributed by atoms with Gasteiger partial charge in [-0.05, 0) is 73.4 Å². The van der Waals surface area contributed by atoms with Crippen LogP contribution in [-0.4, -0.2) is 85.9 Å². The van der Waals surface area contributed by atoms with Crippen molar-refractivity contribution in [2.45, 2.75) is 141 Å². The van der Waals surface area contributed by atoms with Gasteiger partial charge in [-0.2, -0.15) is 0 Å². The number of carbonyl (C=O) groups excluding carboxylic acids is 3. The standard InChI is InChI=1S/C43H66O10Si2/c1-11-54(12-2,13-3)52-32-25-33(53-55(14-4,15-5)16-6)42(38(45)47-9)27-49-34-35(42)41(32)28-51-43(39(46)48-10,50-26-30-22-18-17-19-23-30)37(41)40(8,36(34)44)31-24-20-21-29(31)7/h17-19,22-23,31-35,37H,7,11-16,20-21,24-28H2,1-6,8-10H3/t31-,32-,33+,34+,35+,37-,40+,41-,42-,43-/m0/s1. The molecule has 10 atom stereocenters. The van der Waals surface area contributed by atoms with Gasteiger partial charge in [0.15, 0.2) is 22.4 Å². The minimum absolute atomic E-state index is 0.00378. The number of esters is 2. The first-order valence-electron chi connectivity index (χ1n) is 21.0. The summed E-state index contributed by atoms with van der Waals surface area (Å²) in [4.78, 5) is 45.5. The third kappa shape index (κ3) is 6.13. The van der Waals surface area contributed by atoms with E-state index in [1.807, 2.05) is 37.3 Å². The van der Waals surface area contributed by atoms with Crippen molar-refractivity contribution < 1.29 is 46.9 Å². The topological polar surface area (TPSA) is 116 Å². The molecule has 2 saturated heterocycles. The lowest BCUT2D eigenvalue weighted by molar-refractivity contribution is -0.274.